The quantitative estimate of drug-likeness (QED) is 0.797. The fourth-order valence-corrected chi connectivity index (χ4v) is 4.32. The van der Waals surface area contributed by atoms with Gasteiger partial charge in [-0.3, -0.25) is 4.79 Å². The van der Waals surface area contributed by atoms with E-state index in [0.717, 1.165) is 23.4 Å². The van der Waals surface area contributed by atoms with Gasteiger partial charge in [0.05, 0.1) is 0 Å². The van der Waals surface area contributed by atoms with Crippen LogP contribution in [0.2, 0.25) is 0 Å². The Bertz CT molecular complexity index is 552. The molecule has 0 bridgehead atoms. The van der Waals surface area contributed by atoms with Crippen LogP contribution in [-0.2, 0) is 4.79 Å². The smallest absolute Gasteiger partial charge is 0.246 e. The standard InChI is InChI=1S/C20H28N2O/c1-21(2)18-11-16-13-19(14-17(16)12-18)22(3)20(23)10-9-15-7-5-4-6-8-15/h4-10,16-19H,11-14H2,1-3H3/b10-9+/t16-,17+,18?,19?. The summed E-state index contributed by atoms with van der Waals surface area (Å²) in [5.74, 6) is 1.74. The van der Waals surface area contributed by atoms with E-state index in [1.54, 1.807) is 6.08 Å². The molecule has 23 heavy (non-hydrogen) atoms. The zero-order valence-corrected chi connectivity index (χ0v) is 14.5. The number of likely N-dealkylation sites (N-methyl/N-ethyl adjacent to an activating group) is 1. The van der Waals surface area contributed by atoms with Crippen molar-refractivity contribution in [3.63, 3.8) is 0 Å². The summed E-state index contributed by atoms with van der Waals surface area (Å²) in [4.78, 5) is 16.8. The molecule has 2 aliphatic carbocycles. The third kappa shape index (κ3) is 3.66. The van der Waals surface area contributed by atoms with E-state index in [-0.39, 0.29) is 5.91 Å². The highest BCUT2D eigenvalue weighted by Gasteiger charge is 2.43. The topological polar surface area (TPSA) is 23.6 Å². The molecule has 0 heterocycles. The summed E-state index contributed by atoms with van der Waals surface area (Å²) in [6.45, 7) is 0. The van der Waals surface area contributed by atoms with Gasteiger partial charge in [0.2, 0.25) is 5.91 Å². The fourth-order valence-electron chi connectivity index (χ4n) is 4.32. The van der Waals surface area contributed by atoms with Crippen molar-refractivity contribution in [2.75, 3.05) is 21.1 Å². The van der Waals surface area contributed by atoms with Crippen molar-refractivity contribution < 1.29 is 4.79 Å². The van der Waals surface area contributed by atoms with E-state index in [0.29, 0.717) is 6.04 Å². The molecule has 1 amide bonds. The second-order valence-corrected chi connectivity index (χ2v) is 7.43. The van der Waals surface area contributed by atoms with Crippen molar-refractivity contribution in [3.05, 3.63) is 42.0 Å². The minimum atomic E-state index is 0.128. The summed E-state index contributed by atoms with van der Waals surface area (Å²) in [6, 6.07) is 11.2. The van der Waals surface area contributed by atoms with Crippen LogP contribution in [0.25, 0.3) is 6.08 Å². The van der Waals surface area contributed by atoms with Gasteiger partial charge >= 0.3 is 0 Å². The van der Waals surface area contributed by atoms with Gasteiger partial charge in [0.1, 0.15) is 0 Å². The molecule has 0 N–H and O–H groups in total. The summed E-state index contributed by atoms with van der Waals surface area (Å²) in [5.41, 5.74) is 1.08. The fraction of sp³-hybridized carbons (Fsp3) is 0.550. The van der Waals surface area contributed by atoms with Crippen LogP contribution in [0.5, 0.6) is 0 Å². The zero-order valence-electron chi connectivity index (χ0n) is 14.5. The predicted molar refractivity (Wildman–Crippen MR) is 95.0 cm³/mol. The van der Waals surface area contributed by atoms with E-state index < -0.39 is 0 Å². The first-order valence-corrected chi connectivity index (χ1v) is 8.71. The van der Waals surface area contributed by atoms with E-state index in [1.165, 1.54) is 25.7 Å². The monoisotopic (exact) mass is 312 g/mol. The lowest BCUT2D eigenvalue weighted by Gasteiger charge is -2.26. The van der Waals surface area contributed by atoms with Crippen LogP contribution < -0.4 is 0 Å². The number of rotatable bonds is 4. The minimum absolute atomic E-state index is 0.128. The summed E-state index contributed by atoms with van der Waals surface area (Å²) in [7, 11) is 6.34. The summed E-state index contributed by atoms with van der Waals surface area (Å²) >= 11 is 0. The van der Waals surface area contributed by atoms with Gasteiger partial charge < -0.3 is 9.80 Å². The maximum atomic E-state index is 12.4. The number of amides is 1. The van der Waals surface area contributed by atoms with Crippen LogP contribution in [0.1, 0.15) is 31.2 Å². The molecule has 1 aromatic rings. The van der Waals surface area contributed by atoms with Gasteiger partial charge in [-0.25, -0.2) is 0 Å². The number of carbonyl (C=O) groups excluding carboxylic acids is 1. The first kappa shape index (κ1) is 16.3. The van der Waals surface area contributed by atoms with Gasteiger partial charge in [0, 0.05) is 25.2 Å². The number of benzene rings is 1. The molecule has 0 radical (unpaired) electrons. The maximum absolute atomic E-state index is 12.4. The van der Waals surface area contributed by atoms with Gasteiger partial charge in [-0.1, -0.05) is 30.3 Å². The lowest BCUT2D eigenvalue weighted by Crippen LogP contribution is -2.35. The summed E-state index contributed by atoms with van der Waals surface area (Å²) < 4.78 is 0. The van der Waals surface area contributed by atoms with Gasteiger partial charge in [0.25, 0.3) is 0 Å². The molecule has 3 rings (SSSR count). The molecule has 124 valence electrons. The number of fused-ring (bicyclic) bond motifs is 1. The van der Waals surface area contributed by atoms with Crippen molar-refractivity contribution >= 4 is 12.0 Å². The van der Waals surface area contributed by atoms with Gasteiger partial charge in [-0.15, -0.1) is 0 Å². The highest BCUT2D eigenvalue weighted by atomic mass is 16.2. The average Bonchev–Trinajstić information content (AvgIpc) is 3.11. The maximum Gasteiger partial charge on any atom is 0.246 e. The van der Waals surface area contributed by atoms with E-state index >= 15 is 0 Å². The van der Waals surface area contributed by atoms with Crippen LogP contribution in [0.4, 0.5) is 0 Å². The van der Waals surface area contributed by atoms with E-state index in [4.69, 9.17) is 0 Å². The molecule has 2 fully saturated rings. The van der Waals surface area contributed by atoms with Crippen LogP contribution in [0.15, 0.2) is 36.4 Å². The largest absolute Gasteiger partial charge is 0.339 e. The SMILES string of the molecule is CN(C)C1C[C@@H]2CC(N(C)C(=O)/C=C/c3ccccc3)C[C@@H]2C1. The number of hydrogen-bond donors (Lipinski definition) is 0. The third-order valence-corrected chi connectivity index (χ3v) is 5.81. The van der Waals surface area contributed by atoms with Gasteiger partial charge in [0.15, 0.2) is 0 Å². The molecule has 0 saturated heterocycles. The number of nitrogens with zero attached hydrogens (tertiary/aromatic N) is 2. The molecule has 0 aromatic heterocycles. The molecular formula is C20H28N2O. The second-order valence-electron chi connectivity index (χ2n) is 7.43. The van der Waals surface area contributed by atoms with Crippen molar-refractivity contribution in [3.8, 4) is 0 Å². The molecule has 3 heteroatoms. The molecule has 0 aliphatic heterocycles. The lowest BCUT2D eigenvalue weighted by atomic mass is 10.0. The van der Waals surface area contributed by atoms with Crippen molar-refractivity contribution in [1.29, 1.82) is 0 Å². The molecule has 0 spiro atoms. The molecule has 3 nitrogen and oxygen atoms in total. The first-order chi connectivity index (χ1) is 11.0. The van der Waals surface area contributed by atoms with Gasteiger partial charge in [-0.2, -0.15) is 0 Å². The van der Waals surface area contributed by atoms with Gasteiger partial charge in [-0.05, 0) is 63.3 Å². The van der Waals surface area contributed by atoms with E-state index in [9.17, 15) is 4.79 Å². The molecular weight excluding hydrogens is 284 g/mol. The van der Waals surface area contributed by atoms with Crippen LogP contribution in [0, 0.1) is 11.8 Å². The van der Waals surface area contributed by atoms with E-state index in [1.807, 2.05) is 48.4 Å². The molecule has 2 unspecified atom stereocenters. The Balaban J connectivity index is 1.55. The number of carbonyl (C=O) groups is 1. The highest BCUT2D eigenvalue weighted by Crippen LogP contribution is 2.46. The third-order valence-electron chi connectivity index (χ3n) is 5.81. The van der Waals surface area contributed by atoms with Crippen molar-refractivity contribution in [1.82, 2.24) is 9.80 Å². The van der Waals surface area contributed by atoms with E-state index in [2.05, 4.69) is 19.0 Å². The molecule has 4 atom stereocenters. The Labute approximate surface area is 140 Å². The summed E-state index contributed by atoms with van der Waals surface area (Å²) in [6.07, 6.45) is 8.59. The molecule has 2 saturated carbocycles. The van der Waals surface area contributed by atoms with Crippen LogP contribution in [-0.4, -0.2) is 48.9 Å². The summed E-state index contributed by atoms with van der Waals surface area (Å²) in [5, 5.41) is 0. The van der Waals surface area contributed by atoms with Crippen molar-refractivity contribution in [2.45, 2.75) is 37.8 Å². The van der Waals surface area contributed by atoms with Crippen LogP contribution in [0.3, 0.4) is 0 Å². The lowest BCUT2D eigenvalue weighted by molar-refractivity contribution is -0.126. The Morgan fingerprint density at radius 1 is 0.957 bits per heavy atom. The first-order valence-electron chi connectivity index (χ1n) is 8.71. The van der Waals surface area contributed by atoms with Crippen LogP contribution >= 0.6 is 0 Å². The number of hydrogen-bond acceptors (Lipinski definition) is 2. The normalized spacial score (nSPS) is 30.1. The Hall–Kier alpha value is -1.61. The Kier molecular flexibility index (Phi) is 4.86. The minimum Gasteiger partial charge on any atom is -0.339 e. The Morgan fingerprint density at radius 2 is 1.52 bits per heavy atom. The highest BCUT2D eigenvalue weighted by molar-refractivity contribution is 5.91. The molecule has 2 aliphatic rings. The molecule has 1 aromatic carbocycles. The van der Waals surface area contributed by atoms with Crippen molar-refractivity contribution in [2.24, 2.45) is 11.8 Å². The second kappa shape index (κ2) is 6.88. The average molecular weight is 312 g/mol. The Morgan fingerprint density at radius 3 is 2.09 bits per heavy atom. The predicted octanol–water partition coefficient (Wildman–Crippen LogP) is 3.28. The zero-order chi connectivity index (χ0) is 16.4.